The second-order valence-electron chi connectivity index (χ2n) is 6.31. The van der Waals surface area contributed by atoms with E-state index in [1.165, 1.54) is 7.11 Å². The van der Waals surface area contributed by atoms with Crippen molar-refractivity contribution in [2.24, 2.45) is 5.92 Å². The lowest BCUT2D eigenvalue weighted by atomic mass is 9.91. The molecule has 2 aliphatic rings. The van der Waals surface area contributed by atoms with Gasteiger partial charge in [0.05, 0.1) is 19.3 Å². The van der Waals surface area contributed by atoms with Crippen molar-refractivity contribution in [2.75, 3.05) is 40.4 Å². The van der Waals surface area contributed by atoms with Gasteiger partial charge in [-0.05, 0) is 39.7 Å². The Labute approximate surface area is 115 Å². The Morgan fingerprint density at radius 1 is 1.53 bits per heavy atom. The lowest BCUT2D eigenvalue weighted by Gasteiger charge is -2.42. The van der Waals surface area contributed by atoms with E-state index >= 15 is 0 Å². The van der Waals surface area contributed by atoms with E-state index in [0.29, 0.717) is 12.5 Å². The maximum Gasteiger partial charge on any atom is 0.327 e. The molecule has 0 aromatic carbocycles. The number of hydrogen-bond donors (Lipinski definition) is 1. The summed E-state index contributed by atoms with van der Waals surface area (Å²) in [6, 6.07) is 0. The van der Waals surface area contributed by atoms with Crippen molar-refractivity contribution in [3.05, 3.63) is 0 Å². The average molecular weight is 270 g/mol. The van der Waals surface area contributed by atoms with Crippen molar-refractivity contribution in [2.45, 2.75) is 37.8 Å². The maximum absolute atomic E-state index is 12.2. The first kappa shape index (κ1) is 14.8. The van der Waals surface area contributed by atoms with E-state index in [-0.39, 0.29) is 11.6 Å². The second kappa shape index (κ2) is 5.38. The Morgan fingerprint density at radius 2 is 2.21 bits per heavy atom. The molecule has 0 amide bonds. The highest BCUT2D eigenvalue weighted by atomic mass is 16.5. The van der Waals surface area contributed by atoms with Crippen LogP contribution in [0.25, 0.3) is 0 Å². The number of carbonyl (C=O) groups excluding carboxylic acids is 1. The highest BCUT2D eigenvalue weighted by Crippen LogP contribution is 2.41. The van der Waals surface area contributed by atoms with Crippen LogP contribution in [0.1, 0.15) is 26.7 Å². The van der Waals surface area contributed by atoms with Crippen LogP contribution in [-0.4, -0.2) is 62.4 Å². The largest absolute Gasteiger partial charge is 0.468 e. The van der Waals surface area contributed by atoms with Crippen LogP contribution in [0.4, 0.5) is 0 Å². The summed E-state index contributed by atoms with van der Waals surface area (Å²) >= 11 is 0. The number of carbonyl (C=O) groups is 1. The average Bonchev–Trinajstić information content (AvgIpc) is 3.18. The van der Waals surface area contributed by atoms with Crippen LogP contribution < -0.4 is 5.32 Å². The summed E-state index contributed by atoms with van der Waals surface area (Å²) in [7, 11) is 3.33. The van der Waals surface area contributed by atoms with Crippen LogP contribution in [0.3, 0.4) is 0 Å². The third kappa shape index (κ3) is 3.09. The number of hydrogen-bond acceptors (Lipinski definition) is 5. The zero-order chi connectivity index (χ0) is 14.1. The van der Waals surface area contributed by atoms with Crippen LogP contribution in [0.5, 0.6) is 0 Å². The molecule has 1 aliphatic heterocycles. The Bertz CT molecular complexity index is 342. The molecule has 0 spiro atoms. The van der Waals surface area contributed by atoms with E-state index in [2.05, 4.69) is 24.1 Å². The van der Waals surface area contributed by atoms with E-state index in [9.17, 15) is 4.79 Å². The van der Waals surface area contributed by atoms with Crippen molar-refractivity contribution >= 4 is 5.97 Å². The monoisotopic (exact) mass is 270 g/mol. The van der Waals surface area contributed by atoms with Gasteiger partial charge in [0.25, 0.3) is 0 Å². The molecule has 2 rings (SSSR count). The fourth-order valence-corrected chi connectivity index (χ4v) is 3.11. The highest BCUT2D eigenvalue weighted by Gasteiger charge is 2.52. The van der Waals surface area contributed by atoms with Gasteiger partial charge in [0.2, 0.25) is 0 Å². The molecule has 1 atom stereocenters. The lowest BCUT2D eigenvalue weighted by molar-refractivity contribution is -0.153. The standard InChI is InChI=1S/C14H26N2O3/c1-13(2)9-16(7-8-19-13)10-14(15-3,11-5-6-11)12(17)18-4/h11,15H,5-10H2,1-4H3. The number of nitrogens with one attached hydrogen (secondary N) is 1. The summed E-state index contributed by atoms with van der Waals surface area (Å²) in [6.45, 7) is 7.33. The minimum Gasteiger partial charge on any atom is -0.468 e. The molecule has 1 heterocycles. The predicted molar refractivity (Wildman–Crippen MR) is 73.0 cm³/mol. The minimum atomic E-state index is -0.553. The molecule has 0 aromatic rings. The smallest absolute Gasteiger partial charge is 0.327 e. The number of methoxy groups -OCH3 is 1. The van der Waals surface area contributed by atoms with Gasteiger partial charge < -0.3 is 14.8 Å². The Balaban J connectivity index is 2.09. The van der Waals surface area contributed by atoms with E-state index in [0.717, 1.165) is 32.5 Å². The number of ether oxygens (including phenoxy) is 2. The Hall–Kier alpha value is -0.650. The summed E-state index contributed by atoms with van der Waals surface area (Å²) in [5, 5.41) is 3.25. The second-order valence-corrected chi connectivity index (χ2v) is 6.31. The van der Waals surface area contributed by atoms with Crippen LogP contribution in [0.2, 0.25) is 0 Å². The molecule has 1 saturated carbocycles. The molecule has 1 aliphatic carbocycles. The molecular weight excluding hydrogens is 244 g/mol. The topological polar surface area (TPSA) is 50.8 Å². The SMILES string of the molecule is CNC(CN1CCOC(C)(C)C1)(C(=O)OC)C1CC1. The molecule has 0 bridgehead atoms. The van der Waals surface area contributed by atoms with Gasteiger partial charge in [-0.3, -0.25) is 4.90 Å². The zero-order valence-electron chi connectivity index (χ0n) is 12.5. The first-order valence-electron chi connectivity index (χ1n) is 7.07. The van der Waals surface area contributed by atoms with E-state index in [1.807, 2.05) is 7.05 Å². The molecule has 5 heteroatoms. The van der Waals surface area contributed by atoms with Crippen LogP contribution in [-0.2, 0) is 14.3 Å². The number of morpholine rings is 1. The maximum atomic E-state index is 12.2. The van der Waals surface area contributed by atoms with Crippen molar-refractivity contribution in [3.8, 4) is 0 Å². The molecule has 1 N–H and O–H groups in total. The molecular formula is C14H26N2O3. The molecule has 5 nitrogen and oxygen atoms in total. The summed E-state index contributed by atoms with van der Waals surface area (Å²) < 4.78 is 10.8. The fraction of sp³-hybridized carbons (Fsp3) is 0.929. The quantitative estimate of drug-likeness (QED) is 0.743. The van der Waals surface area contributed by atoms with Gasteiger partial charge in [0, 0.05) is 19.6 Å². The number of nitrogens with zero attached hydrogens (tertiary/aromatic N) is 1. The van der Waals surface area contributed by atoms with Crippen LogP contribution in [0, 0.1) is 5.92 Å². The summed E-state index contributed by atoms with van der Waals surface area (Å²) in [5.74, 6) is 0.262. The lowest BCUT2D eigenvalue weighted by Crippen LogP contribution is -2.62. The van der Waals surface area contributed by atoms with Crippen LogP contribution in [0.15, 0.2) is 0 Å². The summed E-state index contributed by atoms with van der Waals surface area (Å²) in [4.78, 5) is 14.6. The van der Waals surface area contributed by atoms with Gasteiger partial charge in [0.15, 0.2) is 0 Å². The molecule has 110 valence electrons. The number of rotatable bonds is 5. The first-order valence-corrected chi connectivity index (χ1v) is 7.07. The first-order chi connectivity index (χ1) is 8.93. The molecule has 2 fully saturated rings. The van der Waals surface area contributed by atoms with Gasteiger partial charge in [-0.2, -0.15) is 0 Å². The minimum absolute atomic E-state index is 0.137. The van der Waals surface area contributed by atoms with Crippen molar-refractivity contribution < 1.29 is 14.3 Å². The number of likely N-dealkylation sites (N-methyl/N-ethyl adjacent to an activating group) is 1. The van der Waals surface area contributed by atoms with Crippen molar-refractivity contribution in [1.29, 1.82) is 0 Å². The van der Waals surface area contributed by atoms with Gasteiger partial charge in [0.1, 0.15) is 5.54 Å². The van der Waals surface area contributed by atoms with E-state index in [4.69, 9.17) is 9.47 Å². The summed E-state index contributed by atoms with van der Waals surface area (Å²) in [6.07, 6.45) is 2.20. The normalized spacial score (nSPS) is 26.7. The molecule has 0 radical (unpaired) electrons. The Morgan fingerprint density at radius 3 is 2.68 bits per heavy atom. The van der Waals surface area contributed by atoms with Gasteiger partial charge in [-0.1, -0.05) is 0 Å². The number of esters is 1. The third-order valence-corrected chi connectivity index (χ3v) is 4.25. The molecule has 19 heavy (non-hydrogen) atoms. The van der Waals surface area contributed by atoms with E-state index in [1.54, 1.807) is 0 Å². The van der Waals surface area contributed by atoms with Gasteiger partial charge >= 0.3 is 5.97 Å². The highest BCUT2D eigenvalue weighted by molar-refractivity contribution is 5.82. The molecule has 1 saturated heterocycles. The predicted octanol–water partition coefficient (Wildman–Crippen LogP) is 0.638. The van der Waals surface area contributed by atoms with E-state index < -0.39 is 5.54 Å². The van der Waals surface area contributed by atoms with Gasteiger partial charge in [-0.25, -0.2) is 4.79 Å². The van der Waals surface area contributed by atoms with Crippen molar-refractivity contribution in [1.82, 2.24) is 10.2 Å². The van der Waals surface area contributed by atoms with Crippen molar-refractivity contribution in [3.63, 3.8) is 0 Å². The van der Waals surface area contributed by atoms with Crippen LogP contribution >= 0.6 is 0 Å². The summed E-state index contributed by atoms with van der Waals surface area (Å²) in [5.41, 5.74) is -0.695. The molecule has 0 aromatic heterocycles. The Kier molecular flexibility index (Phi) is 4.18. The fourth-order valence-electron chi connectivity index (χ4n) is 3.11. The third-order valence-electron chi connectivity index (χ3n) is 4.25. The zero-order valence-corrected chi connectivity index (χ0v) is 12.5. The van der Waals surface area contributed by atoms with Gasteiger partial charge in [-0.15, -0.1) is 0 Å². The molecule has 1 unspecified atom stereocenters.